The Hall–Kier alpha value is -0.830. The van der Waals surface area contributed by atoms with Crippen LogP contribution in [0, 0.1) is 11.8 Å². The van der Waals surface area contributed by atoms with Crippen LogP contribution in [0.25, 0.3) is 0 Å². The quantitative estimate of drug-likeness (QED) is 0.837. The first-order chi connectivity index (χ1) is 9.01. The van der Waals surface area contributed by atoms with Crippen LogP contribution in [0.15, 0.2) is 0 Å². The third-order valence-corrected chi connectivity index (χ3v) is 5.12. The number of piperidine rings is 1. The molecule has 0 aromatic heterocycles. The fourth-order valence-corrected chi connectivity index (χ4v) is 3.95. The Bertz CT molecular complexity index is 449. The summed E-state index contributed by atoms with van der Waals surface area (Å²) in [6, 6.07) is 0. The maximum Gasteiger partial charge on any atom is 0.389 e. The molecule has 1 N–H and O–H groups in total. The summed E-state index contributed by atoms with van der Waals surface area (Å²) in [4.78, 5) is 10.9. The lowest BCUT2D eigenvalue weighted by molar-refractivity contribution is -0.143. The molecule has 0 saturated carbocycles. The van der Waals surface area contributed by atoms with E-state index in [0.29, 0.717) is 6.42 Å². The maximum atomic E-state index is 12.0. The minimum atomic E-state index is -4.38. The van der Waals surface area contributed by atoms with Gasteiger partial charge in [-0.1, -0.05) is 6.92 Å². The third-order valence-electron chi connectivity index (χ3n) is 3.23. The van der Waals surface area contributed by atoms with Gasteiger partial charge in [0, 0.05) is 19.5 Å². The first-order valence-corrected chi connectivity index (χ1v) is 7.89. The molecule has 0 amide bonds. The van der Waals surface area contributed by atoms with Crippen molar-refractivity contribution in [3.05, 3.63) is 0 Å². The Morgan fingerprint density at radius 2 is 1.95 bits per heavy atom. The van der Waals surface area contributed by atoms with Crippen LogP contribution in [0.3, 0.4) is 0 Å². The molecule has 0 aliphatic carbocycles. The van der Waals surface area contributed by atoms with Crippen molar-refractivity contribution >= 4 is 16.0 Å². The molecule has 0 bridgehead atoms. The molecule has 1 rings (SSSR count). The van der Waals surface area contributed by atoms with Crippen LogP contribution < -0.4 is 0 Å². The van der Waals surface area contributed by atoms with E-state index in [9.17, 15) is 26.4 Å². The number of sulfonamides is 1. The van der Waals surface area contributed by atoms with Gasteiger partial charge in [-0.2, -0.15) is 13.2 Å². The number of carboxylic acids is 1. The summed E-state index contributed by atoms with van der Waals surface area (Å²) >= 11 is 0. The fourth-order valence-electron chi connectivity index (χ4n) is 2.29. The van der Waals surface area contributed by atoms with E-state index in [2.05, 4.69) is 0 Å². The topological polar surface area (TPSA) is 74.7 Å². The zero-order valence-corrected chi connectivity index (χ0v) is 11.9. The number of aliphatic carboxylic acids is 1. The average Bonchev–Trinajstić information content (AvgIpc) is 2.25. The lowest BCUT2D eigenvalue weighted by Gasteiger charge is -2.33. The summed E-state index contributed by atoms with van der Waals surface area (Å²) in [5.41, 5.74) is 0. The van der Waals surface area contributed by atoms with E-state index in [4.69, 9.17) is 5.11 Å². The average molecular weight is 317 g/mol. The minimum Gasteiger partial charge on any atom is -0.481 e. The number of nitrogens with zero attached hydrogens (tertiary/aromatic N) is 1. The second-order valence-corrected chi connectivity index (χ2v) is 7.32. The van der Waals surface area contributed by atoms with E-state index in [1.165, 1.54) is 0 Å². The summed E-state index contributed by atoms with van der Waals surface area (Å²) in [5.74, 6) is -2.60. The molecule has 0 radical (unpaired) electrons. The van der Waals surface area contributed by atoms with Crippen LogP contribution in [-0.4, -0.2) is 48.8 Å². The Labute approximate surface area is 115 Å². The van der Waals surface area contributed by atoms with E-state index < -0.39 is 46.7 Å². The van der Waals surface area contributed by atoms with E-state index in [-0.39, 0.29) is 19.0 Å². The van der Waals surface area contributed by atoms with E-state index in [0.717, 1.165) is 4.31 Å². The lowest BCUT2D eigenvalue weighted by atomic mass is 9.92. The highest BCUT2D eigenvalue weighted by Crippen LogP contribution is 2.26. The normalized spacial score (nSPS) is 25.6. The standard InChI is InChI=1S/C11H18F3NO4S/c1-8-5-9(10(16)17)7-15(6-8)20(18,19)4-2-3-11(12,13)14/h8-9H,2-7H2,1H3,(H,16,17). The molecule has 2 unspecified atom stereocenters. The molecule has 9 heteroatoms. The number of carboxylic acid groups (broad SMARTS) is 1. The summed E-state index contributed by atoms with van der Waals surface area (Å²) in [7, 11) is -3.84. The summed E-state index contributed by atoms with van der Waals surface area (Å²) in [6.07, 6.45) is -5.66. The summed E-state index contributed by atoms with van der Waals surface area (Å²) < 4.78 is 61.0. The highest BCUT2D eigenvalue weighted by Gasteiger charge is 2.36. The number of alkyl halides is 3. The zero-order chi connectivity index (χ0) is 15.6. The van der Waals surface area contributed by atoms with Crippen LogP contribution in [0.4, 0.5) is 13.2 Å². The summed E-state index contributed by atoms with van der Waals surface area (Å²) in [5, 5.41) is 8.95. The first-order valence-electron chi connectivity index (χ1n) is 6.28. The van der Waals surface area contributed by atoms with Gasteiger partial charge in [0.25, 0.3) is 0 Å². The van der Waals surface area contributed by atoms with Gasteiger partial charge in [0.15, 0.2) is 0 Å². The van der Waals surface area contributed by atoms with E-state index in [1.807, 2.05) is 0 Å². The predicted molar refractivity (Wildman–Crippen MR) is 65.6 cm³/mol. The third kappa shape index (κ3) is 5.28. The number of rotatable bonds is 5. The fraction of sp³-hybridized carbons (Fsp3) is 0.909. The molecule has 0 aromatic carbocycles. The van der Waals surface area contributed by atoms with Crippen molar-refractivity contribution in [3.8, 4) is 0 Å². The van der Waals surface area contributed by atoms with Crippen LogP contribution in [-0.2, 0) is 14.8 Å². The van der Waals surface area contributed by atoms with Crippen LogP contribution in [0.2, 0.25) is 0 Å². The van der Waals surface area contributed by atoms with Crippen molar-refractivity contribution < 1.29 is 31.5 Å². The van der Waals surface area contributed by atoms with Gasteiger partial charge in [-0.05, 0) is 18.8 Å². The van der Waals surface area contributed by atoms with Crippen LogP contribution >= 0.6 is 0 Å². The summed E-state index contributed by atoms with van der Waals surface area (Å²) in [6.45, 7) is 1.74. The molecule has 1 saturated heterocycles. The largest absolute Gasteiger partial charge is 0.481 e. The second-order valence-electron chi connectivity index (χ2n) is 5.23. The van der Waals surface area contributed by atoms with Crippen molar-refractivity contribution in [2.45, 2.75) is 32.4 Å². The molecule has 20 heavy (non-hydrogen) atoms. The molecule has 5 nitrogen and oxygen atoms in total. The van der Waals surface area contributed by atoms with Gasteiger partial charge in [0.1, 0.15) is 0 Å². The van der Waals surface area contributed by atoms with E-state index >= 15 is 0 Å². The minimum absolute atomic E-state index is 0.123. The molecule has 1 aliphatic rings. The number of hydrogen-bond donors (Lipinski definition) is 1. The highest BCUT2D eigenvalue weighted by atomic mass is 32.2. The second kappa shape index (κ2) is 6.30. The Balaban J connectivity index is 2.64. The smallest absolute Gasteiger partial charge is 0.389 e. The monoisotopic (exact) mass is 317 g/mol. The molecular formula is C11H18F3NO4S. The van der Waals surface area contributed by atoms with Gasteiger partial charge in [-0.3, -0.25) is 4.79 Å². The van der Waals surface area contributed by atoms with E-state index in [1.54, 1.807) is 6.92 Å². The van der Waals surface area contributed by atoms with Crippen molar-refractivity contribution in [3.63, 3.8) is 0 Å². The Morgan fingerprint density at radius 1 is 1.35 bits per heavy atom. The number of halogens is 3. The van der Waals surface area contributed by atoms with Crippen LogP contribution in [0.1, 0.15) is 26.2 Å². The van der Waals surface area contributed by atoms with Crippen molar-refractivity contribution in [1.29, 1.82) is 0 Å². The Kier molecular flexibility index (Phi) is 5.42. The molecule has 118 valence electrons. The first kappa shape index (κ1) is 17.2. The zero-order valence-electron chi connectivity index (χ0n) is 11.1. The number of carbonyl (C=O) groups is 1. The predicted octanol–water partition coefficient (Wildman–Crippen LogP) is 1.70. The van der Waals surface area contributed by atoms with Gasteiger partial charge in [-0.25, -0.2) is 12.7 Å². The number of hydrogen-bond acceptors (Lipinski definition) is 3. The van der Waals surface area contributed by atoms with Crippen molar-refractivity contribution in [2.75, 3.05) is 18.8 Å². The van der Waals surface area contributed by atoms with Crippen molar-refractivity contribution in [1.82, 2.24) is 4.31 Å². The molecule has 0 spiro atoms. The molecule has 1 heterocycles. The molecule has 1 fully saturated rings. The highest BCUT2D eigenvalue weighted by molar-refractivity contribution is 7.89. The Morgan fingerprint density at radius 3 is 2.45 bits per heavy atom. The lowest BCUT2D eigenvalue weighted by Crippen LogP contribution is -2.46. The van der Waals surface area contributed by atoms with Crippen LogP contribution in [0.5, 0.6) is 0 Å². The van der Waals surface area contributed by atoms with Gasteiger partial charge < -0.3 is 5.11 Å². The van der Waals surface area contributed by atoms with Gasteiger partial charge in [0.05, 0.1) is 11.7 Å². The molecule has 0 aromatic rings. The van der Waals surface area contributed by atoms with Gasteiger partial charge in [0.2, 0.25) is 10.0 Å². The van der Waals surface area contributed by atoms with Gasteiger partial charge >= 0.3 is 12.1 Å². The molecule has 2 atom stereocenters. The maximum absolute atomic E-state index is 12.0. The van der Waals surface area contributed by atoms with Gasteiger partial charge in [-0.15, -0.1) is 0 Å². The van der Waals surface area contributed by atoms with Crippen molar-refractivity contribution in [2.24, 2.45) is 11.8 Å². The molecular weight excluding hydrogens is 299 g/mol. The molecule has 1 aliphatic heterocycles. The SMILES string of the molecule is CC1CC(C(=O)O)CN(S(=O)(=O)CCCC(F)(F)F)C1.